The van der Waals surface area contributed by atoms with Crippen molar-refractivity contribution in [3.63, 3.8) is 0 Å². The van der Waals surface area contributed by atoms with E-state index in [0.29, 0.717) is 22.5 Å². The minimum atomic E-state index is -0.0618. The molecule has 3 N–H and O–H groups in total. The van der Waals surface area contributed by atoms with E-state index in [4.69, 9.17) is 28.9 Å². The fourth-order valence-electron chi connectivity index (χ4n) is 1.96. The van der Waals surface area contributed by atoms with E-state index in [0.717, 1.165) is 16.3 Å². The molecule has 1 unspecified atom stereocenters. The summed E-state index contributed by atoms with van der Waals surface area (Å²) < 4.78 is 0. The van der Waals surface area contributed by atoms with Crippen LogP contribution in [0.2, 0.25) is 10.0 Å². The SMILES string of the molecule is Cc1nc(CN=C(N)NC(C)c2ccc(Cl)cc2Cl)sc1C.I. The van der Waals surface area contributed by atoms with E-state index in [-0.39, 0.29) is 30.0 Å². The summed E-state index contributed by atoms with van der Waals surface area (Å²) in [5.74, 6) is 0.365. The smallest absolute Gasteiger partial charge is 0.189 e. The fraction of sp³-hybridized carbons (Fsp3) is 0.333. The number of nitrogens with two attached hydrogens (primary N) is 1. The van der Waals surface area contributed by atoms with Crippen molar-refractivity contribution in [1.29, 1.82) is 0 Å². The summed E-state index contributed by atoms with van der Waals surface area (Å²) in [6, 6.07) is 5.33. The van der Waals surface area contributed by atoms with E-state index in [1.54, 1.807) is 23.5 Å². The summed E-state index contributed by atoms with van der Waals surface area (Å²) >= 11 is 13.7. The Morgan fingerprint density at radius 2 is 2.09 bits per heavy atom. The topological polar surface area (TPSA) is 63.3 Å². The quantitative estimate of drug-likeness (QED) is 0.370. The Morgan fingerprint density at radius 3 is 2.65 bits per heavy atom. The van der Waals surface area contributed by atoms with Crippen molar-refractivity contribution in [1.82, 2.24) is 10.3 Å². The first-order valence-electron chi connectivity index (χ1n) is 6.81. The van der Waals surface area contributed by atoms with Gasteiger partial charge in [0.25, 0.3) is 0 Å². The van der Waals surface area contributed by atoms with Crippen LogP contribution < -0.4 is 11.1 Å². The Labute approximate surface area is 167 Å². The number of nitrogens with zero attached hydrogens (tertiary/aromatic N) is 2. The van der Waals surface area contributed by atoms with E-state index in [9.17, 15) is 0 Å². The van der Waals surface area contributed by atoms with Crippen molar-refractivity contribution < 1.29 is 0 Å². The van der Waals surface area contributed by atoms with Gasteiger partial charge in [-0.05, 0) is 38.5 Å². The first-order chi connectivity index (χ1) is 10.4. The molecule has 1 aromatic heterocycles. The van der Waals surface area contributed by atoms with Gasteiger partial charge in [-0.15, -0.1) is 35.3 Å². The molecule has 1 heterocycles. The molecule has 4 nitrogen and oxygen atoms in total. The predicted octanol–water partition coefficient (Wildman–Crippen LogP) is 4.85. The highest BCUT2D eigenvalue weighted by atomic mass is 127. The Morgan fingerprint density at radius 1 is 1.39 bits per heavy atom. The molecule has 23 heavy (non-hydrogen) atoms. The summed E-state index contributed by atoms with van der Waals surface area (Å²) in [5.41, 5.74) is 7.90. The monoisotopic (exact) mass is 484 g/mol. The first-order valence-corrected chi connectivity index (χ1v) is 8.38. The van der Waals surface area contributed by atoms with Gasteiger partial charge in [-0.3, -0.25) is 0 Å². The third-order valence-electron chi connectivity index (χ3n) is 3.25. The molecule has 0 radical (unpaired) electrons. The first kappa shape index (κ1) is 20.5. The second-order valence-electron chi connectivity index (χ2n) is 4.98. The number of rotatable bonds is 4. The minimum Gasteiger partial charge on any atom is -0.370 e. The molecular weight excluding hydrogens is 466 g/mol. The van der Waals surface area contributed by atoms with Gasteiger partial charge in [-0.25, -0.2) is 9.98 Å². The Kier molecular flexibility index (Phi) is 8.06. The van der Waals surface area contributed by atoms with Crippen molar-refractivity contribution in [2.45, 2.75) is 33.4 Å². The number of hydrogen-bond donors (Lipinski definition) is 2. The van der Waals surface area contributed by atoms with Crippen molar-refractivity contribution in [2.75, 3.05) is 0 Å². The maximum absolute atomic E-state index is 6.19. The largest absolute Gasteiger partial charge is 0.370 e. The molecule has 126 valence electrons. The molecule has 0 aliphatic carbocycles. The highest BCUT2D eigenvalue weighted by Gasteiger charge is 2.11. The van der Waals surface area contributed by atoms with Gasteiger partial charge in [0, 0.05) is 14.9 Å². The van der Waals surface area contributed by atoms with Gasteiger partial charge in [0.05, 0.1) is 18.3 Å². The molecule has 0 fully saturated rings. The van der Waals surface area contributed by atoms with Gasteiger partial charge in [0.1, 0.15) is 5.01 Å². The summed E-state index contributed by atoms with van der Waals surface area (Å²) in [6.07, 6.45) is 0. The van der Waals surface area contributed by atoms with Crippen molar-refractivity contribution in [3.8, 4) is 0 Å². The maximum Gasteiger partial charge on any atom is 0.189 e. The number of benzene rings is 1. The lowest BCUT2D eigenvalue weighted by Crippen LogP contribution is -2.34. The standard InChI is InChI=1S/C15H18Cl2N4S.HI/c1-8-10(3)22-14(20-8)7-19-15(18)21-9(2)12-5-4-11(16)6-13(12)17;/h4-6,9H,7H2,1-3H3,(H3,18,19,21);1H. The fourth-order valence-corrected chi connectivity index (χ4v) is 3.39. The highest BCUT2D eigenvalue weighted by Crippen LogP contribution is 2.26. The van der Waals surface area contributed by atoms with Crippen LogP contribution in [0.5, 0.6) is 0 Å². The molecule has 0 bridgehead atoms. The van der Waals surface area contributed by atoms with Crippen molar-refractivity contribution in [2.24, 2.45) is 10.7 Å². The Balaban J connectivity index is 0.00000264. The number of guanidine groups is 1. The molecule has 2 aromatic rings. The van der Waals surface area contributed by atoms with Crippen molar-refractivity contribution >= 4 is 64.5 Å². The van der Waals surface area contributed by atoms with E-state index in [1.165, 1.54) is 4.88 Å². The third kappa shape index (κ3) is 5.77. The Hall–Kier alpha value is -0.570. The number of aryl methyl sites for hydroxylation is 2. The van der Waals surface area contributed by atoms with Crippen LogP contribution in [0.1, 0.15) is 34.1 Å². The number of aromatic nitrogens is 1. The minimum absolute atomic E-state index is 0. The third-order valence-corrected chi connectivity index (χ3v) is 4.87. The van der Waals surface area contributed by atoms with E-state index in [2.05, 4.69) is 15.3 Å². The lowest BCUT2D eigenvalue weighted by molar-refractivity contribution is 0.708. The number of aliphatic imine (C=N–C) groups is 1. The lowest BCUT2D eigenvalue weighted by Gasteiger charge is -2.16. The molecule has 8 heteroatoms. The molecule has 0 saturated carbocycles. The van der Waals surface area contributed by atoms with Crippen LogP contribution in [-0.4, -0.2) is 10.9 Å². The maximum atomic E-state index is 6.19. The second-order valence-corrected chi connectivity index (χ2v) is 7.11. The van der Waals surface area contributed by atoms with Crippen LogP contribution in [0.25, 0.3) is 0 Å². The van der Waals surface area contributed by atoms with E-state index in [1.807, 2.05) is 26.8 Å². The molecule has 1 atom stereocenters. The summed E-state index contributed by atoms with van der Waals surface area (Å²) in [7, 11) is 0. The van der Waals surface area contributed by atoms with Crippen LogP contribution in [0.15, 0.2) is 23.2 Å². The van der Waals surface area contributed by atoms with Crippen LogP contribution in [0.4, 0.5) is 0 Å². The van der Waals surface area contributed by atoms with Crippen molar-refractivity contribution in [3.05, 3.63) is 49.4 Å². The molecule has 0 aliphatic heterocycles. The van der Waals surface area contributed by atoms with E-state index >= 15 is 0 Å². The normalized spacial score (nSPS) is 12.7. The molecule has 0 saturated heterocycles. The summed E-state index contributed by atoms with van der Waals surface area (Å²) in [5, 5.41) is 5.29. The Bertz CT molecular complexity index is 683. The lowest BCUT2D eigenvalue weighted by atomic mass is 10.1. The molecule has 0 aliphatic rings. The zero-order valence-electron chi connectivity index (χ0n) is 13.1. The number of thiazole rings is 1. The average molecular weight is 485 g/mol. The van der Waals surface area contributed by atoms with Gasteiger partial charge >= 0.3 is 0 Å². The predicted molar refractivity (Wildman–Crippen MR) is 110 cm³/mol. The number of nitrogens with one attached hydrogen (secondary N) is 1. The second kappa shape index (κ2) is 9.05. The molecule has 1 aromatic carbocycles. The molecular formula is C15H19Cl2IN4S. The van der Waals surface area contributed by atoms with Crippen LogP contribution >= 0.6 is 58.5 Å². The van der Waals surface area contributed by atoms with E-state index < -0.39 is 0 Å². The van der Waals surface area contributed by atoms with Crippen LogP contribution in [0, 0.1) is 13.8 Å². The molecule has 2 rings (SSSR count). The van der Waals surface area contributed by atoms with Gasteiger partial charge in [-0.2, -0.15) is 0 Å². The summed E-state index contributed by atoms with van der Waals surface area (Å²) in [4.78, 5) is 9.97. The van der Waals surface area contributed by atoms with Crippen LogP contribution in [-0.2, 0) is 6.54 Å². The number of hydrogen-bond acceptors (Lipinski definition) is 3. The zero-order valence-corrected chi connectivity index (χ0v) is 17.7. The van der Waals surface area contributed by atoms with Gasteiger partial charge in [0.15, 0.2) is 5.96 Å². The molecule has 0 spiro atoms. The summed E-state index contributed by atoms with van der Waals surface area (Å²) in [6.45, 7) is 6.48. The van der Waals surface area contributed by atoms with Gasteiger partial charge in [0.2, 0.25) is 0 Å². The molecule has 0 amide bonds. The van der Waals surface area contributed by atoms with Gasteiger partial charge in [-0.1, -0.05) is 29.3 Å². The highest BCUT2D eigenvalue weighted by molar-refractivity contribution is 14.0. The zero-order chi connectivity index (χ0) is 16.3. The van der Waals surface area contributed by atoms with Gasteiger partial charge < -0.3 is 11.1 Å². The number of halogens is 3. The van der Waals surface area contributed by atoms with Crippen LogP contribution in [0.3, 0.4) is 0 Å². The average Bonchev–Trinajstić information content (AvgIpc) is 2.75.